The Kier molecular flexibility index (Phi) is 4.34. The monoisotopic (exact) mass is 289 g/mol. The molecule has 0 radical (unpaired) electrons. The number of amides is 1. The molecule has 21 heavy (non-hydrogen) atoms. The van der Waals surface area contributed by atoms with Gasteiger partial charge in [0.15, 0.2) is 0 Å². The van der Waals surface area contributed by atoms with Crippen LogP contribution in [0.5, 0.6) is 0 Å². The largest absolute Gasteiger partial charge is 0.340 e. The molecular weight excluding hydrogens is 262 g/mol. The molecule has 1 aliphatic heterocycles. The quantitative estimate of drug-likeness (QED) is 0.905. The van der Waals surface area contributed by atoms with E-state index in [1.165, 1.54) is 25.7 Å². The molecule has 4 nitrogen and oxygen atoms in total. The predicted octanol–water partition coefficient (Wildman–Crippen LogP) is 2.67. The molecule has 1 aliphatic carbocycles. The second-order valence-electron chi connectivity index (χ2n) is 6.80. The lowest BCUT2D eigenvalue weighted by atomic mass is 9.98. The second-order valence-corrected chi connectivity index (χ2v) is 6.80. The Morgan fingerprint density at radius 1 is 1.43 bits per heavy atom. The summed E-state index contributed by atoms with van der Waals surface area (Å²) in [5.41, 5.74) is 0.870. The number of aromatic nitrogens is 1. The highest BCUT2D eigenvalue weighted by atomic mass is 16.2. The molecule has 0 bridgehead atoms. The van der Waals surface area contributed by atoms with Crippen LogP contribution in [-0.4, -0.2) is 41.1 Å². The average molecular weight is 289 g/mol. The lowest BCUT2D eigenvalue weighted by Crippen LogP contribution is -2.44. The zero-order valence-electron chi connectivity index (χ0n) is 13.2. The Morgan fingerprint density at radius 2 is 2.24 bits per heavy atom. The summed E-state index contributed by atoms with van der Waals surface area (Å²) in [5.74, 6) is 0.793. The minimum Gasteiger partial charge on any atom is -0.340 e. The van der Waals surface area contributed by atoms with Gasteiger partial charge >= 0.3 is 0 Å². The third-order valence-electron chi connectivity index (χ3n) is 4.68. The van der Waals surface area contributed by atoms with Gasteiger partial charge in [-0.05, 0) is 70.7 Å². The van der Waals surface area contributed by atoms with Crippen molar-refractivity contribution >= 4 is 5.91 Å². The summed E-state index contributed by atoms with van der Waals surface area (Å²) >= 11 is 0. The van der Waals surface area contributed by atoms with E-state index in [9.17, 15) is 4.79 Å². The number of carbonyl (C=O) groups is 1. The van der Waals surface area contributed by atoms with E-state index in [1.54, 1.807) is 0 Å². The molecule has 1 saturated carbocycles. The maximum atomic E-state index is 13.0. The molecule has 0 spiro atoms. The number of hydrogen-bond acceptors (Lipinski definition) is 2. The number of hydrogen-bond donors (Lipinski definition) is 1. The fourth-order valence-corrected chi connectivity index (χ4v) is 3.28. The normalized spacial score (nSPS) is 22.5. The molecule has 1 N–H and O–H groups in total. The van der Waals surface area contributed by atoms with E-state index < -0.39 is 0 Å². The molecule has 1 unspecified atom stereocenters. The highest BCUT2D eigenvalue weighted by Crippen LogP contribution is 2.36. The Hall–Kier alpha value is -1.29. The molecule has 0 aromatic carbocycles. The van der Waals surface area contributed by atoms with Crippen molar-refractivity contribution in [2.45, 2.75) is 51.6 Å². The molecule has 2 fully saturated rings. The number of rotatable bonds is 5. The van der Waals surface area contributed by atoms with E-state index in [0.29, 0.717) is 12.0 Å². The van der Waals surface area contributed by atoms with Gasteiger partial charge in [0.1, 0.15) is 5.69 Å². The van der Waals surface area contributed by atoms with Crippen LogP contribution < -0.4 is 5.32 Å². The van der Waals surface area contributed by atoms with Gasteiger partial charge in [-0.15, -0.1) is 0 Å². The fourth-order valence-electron chi connectivity index (χ4n) is 3.28. The van der Waals surface area contributed by atoms with Gasteiger partial charge in [0, 0.05) is 24.8 Å². The van der Waals surface area contributed by atoms with E-state index in [2.05, 4.69) is 34.8 Å². The van der Waals surface area contributed by atoms with Crippen LogP contribution in [-0.2, 0) is 0 Å². The van der Waals surface area contributed by atoms with Crippen molar-refractivity contribution in [1.82, 2.24) is 14.8 Å². The van der Waals surface area contributed by atoms with Gasteiger partial charge in [-0.2, -0.15) is 0 Å². The minimum atomic E-state index is 0.201. The number of nitrogens with zero attached hydrogens (tertiary/aromatic N) is 2. The summed E-state index contributed by atoms with van der Waals surface area (Å²) in [6.07, 6.45) is 6.94. The standard InChI is InChI=1S/C17H27N3O/c1-13(2)20(12-14-5-3-9-18-11-14)17(21)16-6-4-10-19(16)15-7-8-15/h4,6,10,13-15,18H,3,5,7-9,11-12H2,1-2H3. The van der Waals surface area contributed by atoms with Crippen molar-refractivity contribution < 1.29 is 4.79 Å². The maximum absolute atomic E-state index is 13.0. The zero-order valence-corrected chi connectivity index (χ0v) is 13.2. The van der Waals surface area contributed by atoms with Crippen molar-refractivity contribution in [3.8, 4) is 0 Å². The average Bonchev–Trinajstić information content (AvgIpc) is 3.22. The van der Waals surface area contributed by atoms with Gasteiger partial charge in [-0.1, -0.05) is 0 Å². The minimum absolute atomic E-state index is 0.201. The summed E-state index contributed by atoms with van der Waals surface area (Å²) in [6.45, 7) is 7.28. The van der Waals surface area contributed by atoms with Gasteiger partial charge in [0.2, 0.25) is 0 Å². The Morgan fingerprint density at radius 3 is 2.86 bits per heavy atom. The van der Waals surface area contributed by atoms with Crippen LogP contribution in [0.25, 0.3) is 0 Å². The van der Waals surface area contributed by atoms with E-state index in [1.807, 2.05) is 12.1 Å². The molecule has 1 amide bonds. The first kappa shape index (κ1) is 14.6. The highest BCUT2D eigenvalue weighted by Gasteiger charge is 2.30. The van der Waals surface area contributed by atoms with E-state index in [0.717, 1.165) is 25.3 Å². The first-order valence-corrected chi connectivity index (χ1v) is 8.35. The lowest BCUT2D eigenvalue weighted by molar-refractivity contribution is 0.0649. The van der Waals surface area contributed by atoms with Crippen molar-refractivity contribution in [1.29, 1.82) is 0 Å². The van der Waals surface area contributed by atoms with Gasteiger partial charge in [-0.25, -0.2) is 0 Å². The second kappa shape index (κ2) is 6.22. The van der Waals surface area contributed by atoms with Crippen LogP contribution >= 0.6 is 0 Å². The number of nitrogens with one attached hydrogen (secondary N) is 1. The van der Waals surface area contributed by atoms with Crippen LogP contribution in [0.1, 0.15) is 56.1 Å². The smallest absolute Gasteiger partial charge is 0.270 e. The van der Waals surface area contributed by atoms with Gasteiger partial charge in [0.25, 0.3) is 5.91 Å². The van der Waals surface area contributed by atoms with Crippen LogP contribution in [0.4, 0.5) is 0 Å². The molecular formula is C17H27N3O. The molecule has 4 heteroatoms. The fraction of sp³-hybridized carbons (Fsp3) is 0.706. The maximum Gasteiger partial charge on any atom is 0.270 e. The molecule has 1 aromatic heterocycles. The summed E-state index contributed by atoms with van der Waals surface area (Å²) in [6, 6.07) is 4.80. The number of carbonyl (C=O) groups excluding carboxylic acids is 1. The number of piperidine rings is 1. The molecule has 2 aliphatic rings. The van der Waals surface area contributed by atoms with E-state index in [4.69, 9.17) is 0 Å². The Labute approximate surface area is 127 Å². The Balaban J connectivity index is 1.73. The van der Waals surface area contributed by atoms with Crippen LogP contribution in [0.2, 0.25) is 0 Å². The first-order valence-electron chi connectivity index (χ1n) is 8.35. The summed E-state index contributed by atoms with van der Waals surface area (Å²) < 4.78 is 2.18. The van der Waals surface area contributed by atoms with Crippen molar-refractivity contribution in [3.63, 3.8) is 0 Å². The third kappa shape index (κ3) is 3.31. The molecule has 3 rings (SSSR count). The summed E-state index contributed by atoms with van der Waals surface area (Å²) in [7, 11) is 0. The van der Waals surface area contributed by atoms with Crippen molar-refractivity contribution in [2.75, 3.05) is 19.6 Å². The third-order valence-corrected chi connectivity index (χ3v) is 4.68. The molecule has 116 valence electrons. The van der Waals surface area contributed by atoms with Gasteiger partial charge in [0.05, 0.1) is 0 Å². The van der Waals surface area contributed by atoms with Crippen LogP contribution in [0.3, 0.4) is 0 Å². The lowest BCUT2D eigenvalue weighted by Gasteiger charge is -2.33. The molecule has 1 saturated heterocycles. The van der Waals surface area contributed by atoms with Crippen LogP contribution in [0, 0.1) is 5.92 Å². The Bertz CT molecular complexity index is 484. The topological polar surface area (TPSA) is 37.3 Å². The molecule has 1 aromatic rings. The zero-order chi connectivity index (χ0) is 14.8. The van der Waals surface area contributed by atoms with E-state index in [-0.39, 0.29) is 11.9 Å². The summed E-state index contributed by atoms with van der Waals surface area (Å²) in [4.78, 5) is 15.0. The van der Waals surface area contributed by atoms with Gasteiger partial charge in [-0.3, -0.25) is 4.79 Å². The van der Waals surface area contributed by atoms with Crippen molar-refractivity contribution in [2.24, 2.45) is 5.92 Å². The van der Waals surface area contributed by atoms with E-state index >= 15 is 0 Å². The SMILES string of the molecule is CC(C)N(CC1CCCNC1)C(=O)c1cccn1C1CC1. The molecule has 1 atom stereocenters. The van der Waals surface area contributed by atoms with Crippen LogP contribution in [0.15, 0.2) is 18.3 Å². The highest BCUT2D eigenvalue weighted by molar-refractivity contribution is 5.93. The summed E-state index contributed by atoms with van der Waals surface area (Å²) in [5, 5.41) is 3.45. The van der Waals surface area contributed by atoms with Gasteiger partial charge < -0.3 is 14.8 Å². The first-order chi connectivity index (χ1) is 10.2. The molecule has 2 heterocycles. The van der Waals surface area contributed by atoms with Crippen molar-refractivity contribution in [3.05, 3.63) is 24.0 Å². The predicted molar refractivity (Wildman–Crippen MR) is 84.5 cm³/mol.